The molecule has 0 amide bonds. The molecule has 5 rings (SSSR count). The second-order valence-electron chi connectivity index (χ2n) is 9.37. The van der Waals surface area contributed by atoms with E-state index in [4.69, 9.17) is 16.3 Å². The normalized spacial score (nSPS) is 16.5. The number of benzene rings is 1. The second-order valence-corrected chi connectivity index (χ2v) is 9.74. The predicted octanol–water partition coefficient (Wildman–Crippen LogP) is 4.61. The first-order valence-corrected chi connectivity index (χ1v) is 12.0. The van der Waals surface area contributed by atoms with Gasteiger partial charge in [0.05, 0.1) is 41.8 Å². The zero-order chi connectivity index (χ0) is 26.5. The molecule has 1 aromatic carbocycles. The van der Waals surface area contributed by atoms with Gasteiger partial charge in [-0.05, 0) is 30.7 Å². The molecule has 0 radical (unpaired) electrons. The number of rotatable bonds is 6. The Morgan fingerprint density at radius 3 is 2.46 bits per heavy atom. The van der Waals surface area contributed by atoms with Crippen molar-refractivity contribution >= 4 is 22.5 Å². The van der Waals surface area contributed by atoms with Gasteiger partial charge in [-0.2, -0.15) is 13.2 Å². The minimum absolute atomic E-state index is 0.109. The summed E-state index contributed by atoms with van der Waals surface area (Å²) in [5, 5.41) is 13.1. The van der Waals surface area contributed by atoms with E-state index in [-0.39, 0.29) is 25.5 Å². The SMILES string of the molecule is COc1nc2ccc(C(O)(c3ccc(C)nc3)c3cncn3C)cc2c(Cl)c1CN1CC(C(F)(F)F)C1. The van der Waals surface area contributed by atoms with E-state index >= 15 is 0 Å². The summed E-state index contributed by atoms with van der Waals surface area (Å²) < 4.78 is 46.1. The number of aryl methyl sites for hydroxylation is 2. The van der Waals surface area contributed by atoms with Crippen LogP contribution in [0.5, 0.6) is 5.88 Å². The lowest BCUT2D eigenvalue weighted by Crippen LogP contribution is -2.52. The van der Waals surface area contributed by atoms with Crippen LogP contribution in [0.2, 0.25) is 5.02 Å². The molecular formula is C26H25ClF3N5O2. The molecule has 0 spiro atoms. The zero-order valence-corrected chi connectivity index (χ0v) is 21.2. The number of hydrogen-bond acceptors (Lipinski definition) is 6. The van der Waals surface area contributed by atoms with Crippen LogP contribution in [-0.4, -0.2) is 55.9 Å². The van der Waals surface area contributed by atoms with Gasteiger partial charge in [0.15, 0.2) is 5.60 Å². The molecule has 0 aliphatic carbocycles. The summed E-state index contributed by atoms with van der Waals surface area (Å²) in [4.78, 5) is 14.8. The fraction of sp³-hybridized carbons (Fsp3) is 0.346. The molecule has 1 aliphatic heterocycles. The summed E-state index contributed by atoms with van der Waals surface area (Å²) in [6, 6.07) is 8.85. The van der Waals surface area contributed by atoms with Gasteiger partial charge in [0.2, 0.25) is 5.88 Å². The van der Waals surface area contributed by atoms with Crippen LogP contribution in [0.3, 0.4) is 0 Å². The van der Waals surface area contributed by atoms with Crippen LogP contribution in [0, 0.1) is 12.8 Å². The van der Waals surface area contributed by atoms with Crippen molar-refractivity contribution in [1.29, 1.82) is 0 Å². The molecule has 37 heavy (non-hydrogen) atoms. The first kappa shape index (κ1) is 25.4. The molecule has 1 aliphatic rings. The van der Waals surface area contributed by atoms with Crippen LogP contribution < -0.4 is 4.74 Å². The second kappa shape index (κ2) is 9.27. The highest BCUT2D eigenvalue weighted by atomic mass is 35.5. The Morgan fingerprint density at radius 1 is 1.14 bits per heavy atom. The quantitative estimate of drug-likeness (QED) is 0.391. The Balaban J connectivity index is 1.61. The molecule has 4 heterocycles. The van der Waals surface area contributed by atoms with Crippen LogP contribution in [0.1, 0.15) is 28.1 Å². The maximum absolute atomic E-state index is 13.0. The number of hydrogen-bond donors (Lipinski definition) is 1. The van der Waals surface area contributed by atoms with E-state index in [2.05, 4.69) is 15.0 Å². The third-order valence-electron chi connectivity index (χ3n) is 6.91. The number of fused-ring (bicyclic) bond motifs is 1. The van der Waals surface area contributed by atoms with E-state index in [1.165, 1.54) is 7.11 Å². The largest absolute Gasteiger partial charge is 0.481 e. The average Bonchev–Trinajstić information content (AvgIpc) is 3.27. The Hall–Kier alpha value is -3.21. The van der Waals surface area contributed by atoms with Crippen molar-refractivity contribution in [2.75, 3.05) is 20.2 Å². The number of likely N-dealkylation sites (tertiary alicyclic amines) is 1. The summed E-state index contributed by atoms with van der Waals surface area (Å²) in [6.07, 6.45) is 0.584. The van der Waals surface area contributed by atoms with Crippen molar-refractivity contribution in [3.05, 3.63) is 82.2 Å². The lowest BCUT2D eigenvalue weighted by Gasteiger charge is -2.40. The molecule has 0 bridgehead atoms. The summed E-state index contributed by atoms with van der Waals surface area (Å²) in [5.74, 6) is -1.10. The highest BCUT2D eigenvalue weighted by Crippen LogP contribution is 2.41. The van der Waals surface area contributed by atoms with Gasteiger partial charge >= 0.3 is 6.18 Å². The summed E-state index contributed by atoms with van der Waals surface area (Å²) in [5.41, 5.74) is 1.79. The number of aliphatic hydroxyl groups is 1. The molecule has 1 unspecified atom stereocenters. The number of pyridine rings is 2. The fourth-order valence-corrected chi connectivity index (χ4v) is 5.05. The molecular weight excluding hydrogens is 507 g/mol. The van der Waals surface area contributed by atoms with Gasteiger partial charge in [-0.1, -0.05) is 23.7 Å². The molecule has 3 aromatic heterocycles. The molecule has 4 aromatic rings. The number of halogens is 4. The minimum Gasteiger partial charge on any atom is -0.481 e. The van der Waals surface area contributed by atoms with Gasteiger partial charge in [0.25, 0.3) is 0 Å². The highest BCUT2D eigenvalue weighted by molar-refractivity contribution is 6.36. The van der Waals surface area contributed by atoms with Crippen molar-refractivity contribution in [1.82, 2.24) is 24.4 Å². The third-order valence-corrected chi connectivity index (χ3v) is 7.34. The smallest absolute Gasteiger partial charge is 0.394 e. The first-order chi connectivity index (χ1) is 17.5. The lowest BCUT2D eigenvalue weighted by molar-refractivity contribution is -0.210. The number of ether oxygens (including phenoxy) is 1. The Bertz CT molecular complexity index is 1450. The molecule has 0 saturated carbocycles. The number of imidazole rings is 1. The van der Waals surface area contributed by atoms with E-state index < -0.39 is 17.7 Å². The predicted molar refractivity (Wildman–Crippen MR) is 132 cm³/mol. The maximum atomic E-state index is 13.0. The summed E-state index contributed by atoms with van der Waals surface area (Å²) in [6.45, 7) is 1.80. The molecule has 7 nitrogen and oxygen atoms in total. The van der Waals surface area contributed by atoms with Gasteiger partial charge in [0, 0.05) is 55.1 Å². The molecule has 1 atom stereocenters. The van der Waals surface area contributed by atoms with Crippen LogP contribution in [0.4, 0.5) is 13.2 Å². The monoisotopic (exact) mass is 531 g/mol. The van der Waals surface area contributed by atoms with Crippen LogP contribution in [-0.2, 0) is 19.2 Å². The van der Waals surface area contributed by atoms with Crippen LogP contribution in [0.15, 0.2) is 49.1 Å². The maximum Gasteiger partial charge on any atom is 0.394 e. The molecule has 1 saturated heterocycles. The molecule has 1 fully saturated rings. The average molecular weight is 532 g/mol. The number of aromatic nitrogens is 4. The van der Waals surface area contributed by atoms with Crippen molar-refractivity contribution < 1.29 is 23.0 Å². The standard InChI is InChI=1S/C26H25ClF3N5O2/c1-15-4-5-17(9-32-15)25(36,22-10-31-14-34(22)2)16-6-7-21-19(8-16)23(27)20(24(33-21)37-3)13-35-11-18(12-35)26(28,29)30/h4-10,14,18,36H,11-13H2,1-3H3. The highest BCUT2D eigenvalue weighted by Gasteiger charge is 2.47. The van der Waals surface area contributed by atoms with Gasteiger partial charge in [-0.15, -0.1) is 0 Å². The van der Waals surface area contributed by atoms with E-state index in [9.17, 15) is 18.3 Å². The van der Waals surface area contributed by atoms with E-state index in [1.807, 2.05) is 13.0 Å². The summed E-state index contributed by atoms with van der Waals surface area (Å²) in [7, 11) is 3.23. The summed E-state index contributed by atoms with van der Waals surface area (Å²) >= 11 is 6.84. The van der Waals surface area contributed by atoms with Gasteiger partial charge in [-0.25, -0.2) is 9.97 Å². The first-order valence-electron chi connectivity index (χ1n) is 11.6. The van der Waals surface area contributed by atoms with Crippen molar-refractivity contribution in [3.63, 3.8) is 0 Å². The van der Waals surface area contributed by atoms with Crippen LogP contribution >= 0.6 is 11.6 Å². The molecule has 1 N–H and O–H groups in total. The van der Waals surface area contributed by atoms with Gasteiger partial charge < -0.3 is 14.4 Å². The van der Waals surface area contributed by atoms with Crippen molar-refractivity contribution in [2.45, 2.75) is 25.2 Å². The Morgan fingerprint density at radius 2 is 1.86 bits per heavy atom. The number of methoxy groups -OCH3 is 1. The number of nitrogens with zero attached hydrogens (tertiary/aromatic N) is 5. The van der Waals surface area contributed by atoms with Gasteiger partial charge in [-0.3, -0.25) is 9.88 Å². The van der Waals surface area contributed by atoms with E-state index in [1.54, 1.807) is 59.5 Å². The fourth-order valence-electron chi connectivity index (χ4n) is 4.75. The molecule has 194 valence electrons. The number of alkyl halides is 3. The zero-order valence-electron chi connectivity index (χ0n) is 20.4. The topological polar surface area (TPSA) is 76.3 Å². The third kappa shape index (κ3) is 4.43. The van der Waals surface area contributed by atoms with Crippen LogP contribution in [0.25, 0.3) is 10.9 Å². The van der Waals surface area contributed by atoms with Crippen molar-refractivity contribution in [3.8, 4) is 5.88 Å². The minimum atomic E-state index is -4.22. The Labute approximate surface area is 216 Å². The lowest BCUT2D eigenvalue weighted by atomic mass is 9.83. The van der Waals surface area contributed by atoms with Gasteiger partial charge in [0.1, 0.15) is 0 Å². The van der Waals surface area contributed by atoms with E-state index in [0.29, 0.717) is 38.3 Å². The van der Waals surface area contributed by atoms with E-state index in [0.717, 1.165) is 5.69 Å². The van der Waals surface area contributed by atoms with Crippen molar-refractivity contribution in [2.24, 2.45) is 13.0 Å². The molecule has 11 heteroatoms. The Kier molecular flexibility index (Phi) is 6.37.